The lowest BCUT2D eigenvalue weighted by molar-refractivity contribution is 0.166. The zero-order chi connectivity index (χ0) is 10.8. The molecule has 2 nitrogen and oxygen atoms in total. The van der Waals surface area contributed by atoms with Gasteiger partial charge in [0.05, 0.1) is 13.2 Å². The molecule has 0 heterocycles. The predicted molar refractivity (Wildman–Crippen MR) is 60.5 cm³/mol. The summed E-state index contributed by atoms with van der Waals surface area (Å²) in [5.74, 6) is 0.722. The van der Waals surface area contributed by atoms with Gasteiger partial charge in [0.15, 0.2) is 0 Å². The molecule has 0 saturated heterocycles. The van der Waals surface area contributed by atoms with Crippen LogP contribution in [-0.4, -0.2) is 12.2 Å². The van der Waals surface area contributed by atoms with E-state index >= 15 is 0 Å². The highest BCUT2D eigenvalue weighted by molar-refractivity contribution is 6.31. The maximum absolute atomic E-state index is 9.97. The van der Waals surface area contributed by atoms with Gasteiger partial charge in [0.25, 0.3) is 0 Å². The third-order valence-corrected chi connectivity index (χ3v) is 3.29. The lowest BCUT2D eigenvalue weighted by atomic mass is 10.0. The van der Waals surface area contributed by atoms with Crippen molar-refractivity contribution in [2.45, 2.75) is 31.8 Å². The lowest BCUT2D eigenvalue weighted by Gasteiger charge is -2.14. The summed E-state index contributed by atoms with van der Waals surface area (Å²) < 4.78 is 5.15. The molecule has 2 rings (SSSR count). The minimum absolute atomic E-state index is 0.393. The molecule has 1 atom stereocenters. The van der Waals surface area contributed by atoms with Gasteiger partial charge in [-0.15, -0.1) is 0 Å². The van der Waals surface area contributed by atoms with Gasteiger partial charge in [-0.05, 0) is 42.5 Å². The van der Waals surface area contributed by atoms with Crippen LogP contribution in [0.2, 0.25) is 5.02 Å². The predicted octanol–water partition coefficient (Wildman–Crippen LogP) is 3.11. The number of aliphatic hydroxyl groups is 1. The third-order valence-electron chi connectivity index (χ3n) is 2.95. The van der Waals surface area contributed by atoms with Gasteiger partial charge >= 0.3 is 0 Å². The van der Waals surface area contributed by atoms with Gasteiger partial charge in [0.1, 0.15) is 5.75 Å². The minimum Gasteiger partial charge on any atom is -0.497 e. The number of fused-ring (bicyclic) bond motifs is 1. The summed E-state index contributed by atoms with van der Waals surface area (Å²) in [5.41, 5.74) is 2.03. The summed E-state index contributed by atoms with van der Waals surface area (Å²) in [6.45, 7) is 0. The lowest BCUT2D eigenvalue weighted by Crippen LogP contribution is -2.00. The SMILES string of the molecule is COc1cc(Cl)c2c(c1)C(O)CCCC2. The largest absolute Gasteiger partial charge is 0.497 e. The maximum Gasteiger partial charge on any atom is 0.120 e. The quantitative estimate of drug-likeness (QED) is 0.746. The Morgan fingerprint density at radius 1 is 1.40 bits per heavy atom. The Morgan fingerprint density at radius 2 is 2.20 bits per heavy atom. The van der Waals surface area contributed by atoms with Crippen molar-refractivity contribution in [1.82, 2.24) is 0 Å². The molecule has 1 aromatic rings. The average molecular weight is 227 g/mol. The smallest absolute Gasteiger partial charge is 0.120 e. The summed E-state index contributed by atoms with van der Waals surface area (Å²) in [6, 6.07) is 3.72. The Morgan fingerprint density at radius 3 is 2.93 bits per heavy atom. The first kappa shape index (κ1) is 10.8. The van der Waals surface area contributed by atoms with Crippen molar-refractivity contribution >= 4 is 11.6 Å². The molecule has 1 N–H and O–H groups in total. The second kappa shape index (κ2) is 4.42. The van der Waals surface area contributed by atoms with Gasteiger partial charge in [0, 0.05) is 5.02 Å². The molecule has 0 bridgehead atoms. The van der Waals surface area contributed by atoms with E-state index in [0.717, 1.165) is 42.6 Å². The average Bonchev–Trinajstić information content (AvgIpc) is 2.41. The van der Waals surface area contributed by atoms with Crippen molar-refractivity contribution in [2.75, 3.05) is 7.11 Å². The van der Waals surface area contributed by atoms with Gasteiger partial charge in [-0.3, -0.25) is 0 Å². The summed E-state index contributed by atoms with van der Waals surface area (Å²) in [7, 11) is 1.61. The monoisotopic (exact) mass is 226 g/mol. The van der Waals surface area contributed by atoms with E-state index in [-0.39, 0.29) is 0 Å². The van der Waals surface area contributed by atoms with E-state index in [1.165, 1.54) is 0 Å². The molecule has 0 saturated carbocycles. The standard InChI is InChI=1S/C12H15ClO2/c1-15-8-6-10-9(11(13)7-8)4-2-3-5-12(10)14/h6-7,12,14H,2-5H2,1H3. The highest BCUT2D eigenvalue weighted by Crippen LogP contribution is 2.35. The van der Waals surface area contributed by atoms with Crippen molar-refractivity contribution < 1.29 is 9.84 Å². The molecule has 0 amide bonds. The summed E-state index contributed by atoms with van der Waals surface area (Å²) in [4.78, 5) is 0. The van der Waals surface area contributed by atoms with Crippen LogP contribution in [0.3, 0.4) is 0 Å². The first-order valence-corrected chi connectivity index (χ1v) is 5.64. The normalized spacial score (nSPS) is 20.6. The number of rotatable bonds is 1. The zero-order valence-corrected chi connectivity index (χ0v) is 9.55. The van der Waals surface area contributed by atoms with E-state index in [1.54, 1.807) is 7.11 Å². The third kappa shape index (κ3) is 2.11. The van der Waals surface area contributed by atoms with Gasteiger partial charge in [-0.25, -0.2) is 0 Å². The van der Waals surface area contributed by atoms with Crippen LogP contribution in [0.5, 0.6) is 5.75 Å². The molecule has 1 aromatic carbocycles. The minimum atomic E-state index is -0.393. The Labute approximate surface area is 94.8 Å². The Bertz CT molecular complexity index is 363. The molecule has 1 aliphatic rings. The van der Waals surface area contributed by atoms with E-state index in [9.17, 15) is 5.11 Å². The molecule has 3 heteroatoms. The van der Waals surface area contributed by atoms with Gasteiger partial charge in [0.2, 0.25) is 0 Å². The van der Waals surface area contributed by atoms with Crippen molar-refractivity contribution in [3.8, 4) is 5.75 Å². The fourth-order valence-corrected chi connectivity index (χ4v) is 2.42. The van der Waals surface area contributed by atoms with Crippen LogP contribution >= 0.6 is 11.6 Å². The number of methoxy groups -OCH3 is 1. The van der Waals surface area contributed by atoms with Crippen molar-refractivity contribution in [3.05, 3.63) is 28.3 Å². The first-order valence-electron chi connectivity index (χ1n) is 5.26. The molecule has 0 aliphatic heterocycles. The molecule has 15 heavy (non-hydrogen) atoms. The molecule has 82 valence electrons. The Hall–Kier alpha value is -0.730. The van der Waals surface area contributed by atoms with Gasteiger partial charge in [-0.1, -0.05) is 18.0 Å². The zero-order valence-electron chi connectivity index (χ0n) is 8.79. The van der Waals surface area contributed by atoms with E-state index < -0.39 is 6.10 Å². The number of hydrogen-bond acceptors (Lipinski definition) is 2. The highest BCUT2D eigenvalue weighted by Gasteiger charge is 2.19. The second-order valence-corrected chi connectivity index (χ2v) is 4.35. The number of benzene rings is 1. The van der Waals surface area contributed by atoms with Crippen molar-refractivity contribution in [3.63, 3.8) is 0 Å². The maximum atomic E-state index is 9.97. The first-order chi connectivity index (χ1) is 7.22. The molecule has 0 fully saturated rings. The highest BCUT2D eigenvalue weighted by atomic mass is 35.5. The number of aliphatic hydroxyl groups excluding tert-OH is 1. The van der Waals surface area contributed by atoms with E-state index in [4.69, 9.17) is 16.3 Å². The molecule has 0 aromatic heterocycles. The second-order valence-electron chi connectivity index (χ2n) is 3.94. The summed E-state index contributed by atoms with van der Waals surface area (Å²) in [5, 5.41) is 10.7. The summed E-state index contributed by atoms with van der Waals surface area (Å²) >= 11 is 6.17. The summed E-state index contributed by atoms with van der Waals surface area (Å²) in [6.07, 6.45) is 3.52. The van der Waals surface area contributed by atoms with Gasteiger partial charge < -0.3 is 9.84 Å². The van der Waals surface area contributed by atoms with Crippen LogP contribution in [0, 0.1) is 0 Å². The molecule has 1 unspecified atom stereocenters. The van der Waals surface area contributed by atoms with Crippen LogP contribution in [0.15, 0.2) is 12.1 Å². The Balaban J connectivity index is 2.50. The molecular formula is C12H15ClO2. The topological polar surface area (TPSA) is 29.5 Å². The molecular weight excluding hydrogens is 212 g/mol. The Kier molecular flexibility index (Phi) is 3.17. The van der Waals surface area contributed by atoms with Crippen molar-refractivity contribution in [2.24, 2.45) is 0 Å². The van der Waals surface area contributed by atoms with Crippen LogP contribution in [0.4, 0.5) is 0 Å². The van der Waals surface area contributed by atoms with E-state index in [2.05, 4.69) is 0 Å². The van der Waals surface area contributed by atoms with Crippen LogP contribution in [0.1, 0.15) is 36.5 Å². The number of ether oxygens (including phenoxy) is 1. The molecule has 0 spiro atoms. The molecule has 1 aliphatic carbocycles. The number of hydrogen-bond donors (Lipinski definition) is 1. The van der Waals surface area contributed by atoms with Gasteiger partial charge in [-0.2, -0.15) is 0 Å². The van der Waals surface area contributed by atoms with E-state index in [1.807, 2.05) is 12.1 Å². The molecule has 0 radical (unpaired) electrons. The van der Waals surface area contributed by atoms with Crippen molar-refractivity contribution in [1.29, 1.82) is 0 Å². The van der Waals surface area contributed by atoms with Crippen LogP contribution < -0.4 is 4.74 Å². The van der Waals surface area contributed by atoms with Crippen LogP contribution in [-0.2, 0) is 6.42 Å². The van der Waals surface area contributed by atoms with Crippen LogP contribution in [0.25, 0.3) is 0 Å². The number of halogens is 1. The fourth-order valence-electron chi connectivity index (χ4n) is 2.11. The fraction of sp³-hybridized carbons (Fsp3) is 0.500. The van der Waals surface area contributed by atoms with E-state index in [0.29, 0.717) is 5.02 Å².